The summed E-state index contributed by atoms with van der Waals surface area (Å²) in [5.41, 5.74) is 2.68. The van der Waals surface area contributed by atoms with E-state index in [4.69, 9.17) is 4.74 Å². The minimum atomic E-state index is 0.803. The molecule has 0 spiro atoms. The molecule has 0 aliphatic carbocycles. The number of para-hydroxylation sites is 1. The third-order valence-corrected chi connectivity index (χ3v) is 3.13. The number of nitrogens with zero attached hydrogens (tertiary/aromatic N) is 1. The quantitative estimate of drug-likeness (QED) is 0.760. The lowest BCUT2D eigenvalue weighted by Gasteiger charge is -2.05. The van der Waals surface area contributed by atoms with Gasteiger partial charge in [0.25, 0.3) is 0 Å². The van der Waals surface area contributed by atoms with Gasteiger partial charge >= 0.3 is 0 Å². The Balaban J connectivity index is 2.16. The standard InChI is InChI=1S/C15H22N2O/c1-3-18-10-6-9-17-12-13(11-16-2)14-7-4-5-8-15(14)17/h4-5,7-8,12,16H,3,6,9-11H2,1-2H3. The van der Waals surface area contributed by atoms with Crippen molar-refractivity contribution < 1.29 is 4.74 Å². The van der Waals surface area contributed by atoms with Gasteiger partial charge in [-0.1, -0.05) is 18.2 Å². The summed E-state index contributed by atoms with van der Waals surface area (Å²) in [6.07, 6.45) is 3.32. The number of aromatic nitrogens is 1. The number of benzene rings is 1. The Labute approximate surface area is 109 Å². The van der Waals surface area contributed by atoms with Crippen LogP contribution >= 0.6 is 0 Å². The fourth-order valence-corrected chi connectivity index (χ4v) is 2.32. The van der Waals surface area contributed by atoms with Crippen LogP contribution in [0.3, 0.4) is 0 Å². The predicted octanol–water partition coefficient (Wildman–Crippen LogP) is 2.79. The summed E-state index contributed by atoms with van der Waals surface area (Å²) in [5, 5.41) is 4.58. The van der Waals surface area contributed by atoms with Crippen LogP contribution in [-0.2, 0) is 17.8 Å². The molecule has 1 aromatic carbocycles. The van der Waals surface area contributed by atoms with Crippen molar-refractivity contribution in [1.29, 1.82) is 0 Å². The third kappa shape index (κ3) is 2.92. The van der Waals surface area contributed by atoms with Crippen LogP contribution in [0.25, 0.3) is 10.9 Å². The zero-order valence-corrected chi connectivity index (χ0v) is 11.3. The van der Waals surface area contributed by atoms with E-state index in [2.05, 4.69) is 40.3 Å². The SMILES string of the molecule is CCOCCCn1cc(CNC)c2ccccc21. The molecule has 98 valence electrons. The molecule has 1 aromatic heterocycles. The van der Waals surface area contributed by atoms with Crippen LogP contribution in [0.4, 0.5) is 0 Å². The van der Waals surface area contributed by atoms with Gasteiger partial charge in [-0.15, -0.1) is 0 Å². The maximum atomic E-state index is 5.40. The summed E-state index contributed by atoms with van der Waals surface area (Å²) in [6, 6.07) is 8.59. The molecule has 0 saturated heterocycles. The molecule has 1 heterocycles. The molecule has 18 heavy (non-hydrogen) atoms. The smallest absolute Gasteiger partial charge is 0.0483 e. The van der Waals surface area contributed by atoms with E-state index in [1.807, 2.05) is 14.0 Å². The van der Waals surface area contributed by atoms with Crippen molar-refractivity contribution in [3.05, 3.63) is 36.0 Å². The second-order valence-corrected chi connectivity index (χ2v) is 4.45. The Morgan fingerprint density at radius 2 is 2.11 bits per heavy atom. The fourth-order valence-electron chi connectivity index (χ4n) is 2.32. The van der Waals surface area contributed by atoms with Gasteiger partial charge in [0.05, 0.1) is 0 Å². The van der Waals surface area contributed by atoms with E-state index in [0.717, 1.165) is 32.7 Å². The van der Waals surface area contributed by atoms with Crippen LogP contribution in [0.15, 0.2) is 30.5 Å². The largest absolute Gasteiger partial charge is 0.382 e. The van der Waals surface area contributed by atoms with Gasteiger partial charge in [0.1, 0.15) is 0 Å². The monoisotopic (exact) mass is 246 g/mol. The van der Waals surface area contributed by atoms with Crippen molar-refractivity contribution in [2.75, 3.05) is 20.3 Å². The predicted molar refractivity (Wildman–Crippen MR) is 75.8 cm³/mol. The number of hydrogen-bond acceptors (Lipinski definition) is 2. The average molecular weight is 246 g/mol. The summed E-state index contributed by atoms with van der Waals surface area (Å²) in [7, 11) is 1.99. The van der Waals surface area contributed by atoms with E-state index < -0.39 is 0 Å². The molecule has 3 heteroatoms. The molecular weight excluding hydrogens is 224 g/mol. The summed E-state index contributed by atoms with van der Waals surface area (Å²) in [5.74, 6) is 0. The number of hydrogen-bond donors (Lipinski definition) is 1. The van der Waals surface area contributed by atoms with E-state index in [1.54, 1.807) is 0 Å². The first-order chi connectivity index (χ1) is 8.86. The first-order valence-electron chi connectivity index (χ1n) is 6.66. The van der Waals surface area contributed by atoms with Gasteiger partial charge < -0.3 is 14.6 Å². The highest BCUT2D eigenvalue weighted by Gasteiger charge is 2.06. The second kappa shape index (κ2) is 6.57. The Hall–Kier alpha value is -1.32. The maximum Gasteiger partial charge on any atom is 0.0483 e. The summed E-state index contributed by atoms with van der Waals surface area (Å²) in [4.78, 5) is 0. The normalized spacial score (nSPS) is 11.2. The average Bonchev–Trinajstić information content (AvgIpc) is 2.74. The van der Waals surface area contributed by atoms with Gasteiger partial charge in [-0.3, -0.25) is 0 Å². The Kier molecular flexibility index (Phi) is 4.79. The molecule has 0 aliphatic heterocycles. The Morgan fingerprint density at radius 3 is 2.89 bits per heavy atom. The molecule has 0 atom stereocenters. The molecule has 2 rings (SSSR count). The van der Waals surface area contributed by atoms with Gasteiger partial charge in [-0.2, -0.15) is 0 Å². The van der Waals surface area contributed by atoms with Crippen LogP contribution in [0.5, 0.6) is 0 Å². The summed E-state index contributed by atoms with van der Waals surface area (Å²) in [6.45, 7) is 5.61. The van der Waals surface area contributed by atoms with Crippen LogP contribution < -0.4 is 5.32 Å². The number of rotatable bonds is 7. The van der Waals surface area contributed by atoms with Gasteiger partial charge in [0.15, 0.2) is 0 Å². The number of aryl methyl sites for hydroxylation is 1. The summed E-state index contributed by atoms with van der Waals surface area (Å²) < 4.78 is 7.73. The highest BCUT2D eigenvalue weighted by molar-refractivity contribution is 5.83. The minimum absolute atomic E-state index is 0.803. The minimum Gasteiger partial charge on any atom is -0.382 e. The number of fused-ring (bicyclic) bond motifs is 1. The second-order valence-electron chi connectivity index (χ2n) is 4.45. The first kappa shape index (κ1) is 13.1. The van der Waals surface area contributed by atoms with E-state index in [1.165, 1.54) is 16.5 Å². The molecule has 0 radical (unpaired) electrons. The van der Waals surface area contributed by atoms with Gasteiger partial charge in [-0.05, 0) is 32.0 Å². The maximum absolute atomic E-state index is 5.40. The van der Waals surface area contributed by atoms with Gasteiger partial charge in [0, 0.05) is 43.4 Å². The zero-order chi connectivity index (χ0) is 12.8. The highest BCUT2D eigenvalue weighted by atomic mass is 16.5. The van der Waals surface area contributed by atoms with Crippen molar-refractivity contribution in [3.8, 4) is 0 Å². The van der Waals surface area contributed by atoms with Crippen LogP contribution in [-0.4, -0.2) is 24.8 Å². The highest BCUT2D eigenvalue weighted by Crippen LogP contribution is 2.21. The Bertz CT molecular complexity index is 490. The van der Waals surface area contributed by atoms with E-state index in [-0.39, 0.29) is 0 Å². The topological polar surface area (TPSA) is 26.2 Å². The molecule has 0 amide bonds. The first-order valence-corrected chi connectivity index (χ1v) is 6.66. The molecule has 0 bridgehead atoms. The van der Waals surface area contributed by atoms with Gasteiger partial charge in [0.2, 0.25) is 0 Å². The van der Waals surface area contributed by atoms with E-state index in [9.17, 15) is 0 Å². The lowest BCUT2D eigenvalue weighted by atomic mass is 10.2. The third-order valence-electron chi connectivity index (χ3n) is 3.13. The molecule has 1 N–H and O–H groups in total. The van der Waals surface area contributed by atoms with E-state index >= 15 is 0 Å². The molecule has 0 unspecified atom stereocenters. The van der Waals surface area contributed by atoms with Crippen molar-refractivity contribution in [3.63, 3.8) is 0 Å². The van der Waals surface area contributed by atoms with Gasteiger partial charge in [-0.25, -0.2) is 0 Å². The van der Waals surface area contributed by atoms with Crippen LogP contribution in [0.1, 0.15) is 18.9 Å². The number of ether oxygens (including phenoxy) is 1. The van der Waals surface area contributed by atoms with E-state index in [0.29, 0.717) is 0 Å². The van der Waals surface area contributed by atoms with Crippen molar-refractivity contribution in [1.82, 2.24) is 9.88 Å². The molecule has 0 aliphatic rings. The zero-order valence-electron chi connectivity index (χ0n) is 11.3. The molecule has 3 nitrogen and oxygen atoms in total. The molecule has 2 aromatic rings. The van der Waals surface area contributed by atoms with Crippen molar-refractivity contribution in [2.24, 2.45) is 0 Å². The lowest BCUT2D eigenvalue weighted by Crippen LogP contribution is -2.04. The van der Waals surface area contributed by atoms with Crippen molar-refractivity contribution in [2.45, 2.75) is 26.4 Å². The van der Waals surface area contributed by atoms with Crippen LogP contribution in [0.2, 0.25) is 0 Å². The summed E-state index contributed by atoms with van der Waals surface area (Å²) >= 11 is 0. The Morgan fingerprint density at radius 1 is 1.28 bits per heavy atom. The molecule has 0 saturated carbocycles. The fraction of sp³-hybridized carbons (Fsp3) is 0.467. The van der Waals surface area contributed by atoms with Crippen LogP contribution in [0, 0.1) is 0 Å². The lowest BCUT2D eigenvalue weighted by molar-refractivity contribution is 0.142. The van der Waals surface area contributed by atoms with Crippen molar-refractivity contribution >= 4 is 10.9 Å². The molecular formula is C15H22N2O. The molecule has 0 fully saturated rings. The number of nitrogens with one attached hydrogen (secondary N) is 1.